The van der Waals surface area contributed by atoms with E-state index in [1.165, 1.54) is 5.56 Å². The molecular weight excluding hydrogens is 160 g/mol. The Hall–Kier alpha value is -1.50. The van der Waals surface area contributed by atoms with E-state index in [0.29, 0.717) is 5.76 Å². The van der Waals surface area contributed by atoms with Gasteiger partial charge in [-0.05, 0) is 19.1 Å². The highest BCUT2D eigenvalue weighted by Crippen LogP contribution is 2.21. The van der Waals surface area contributed by atoms with Crippen molar-refractivity contribution in [2.45, 2.75) is 6.92 Å². The Morgan fingerprint density at radius 1 is 1.00 bits per heavy atom. The molecule has 13 heavy (non-hydrogen) atoms. The highest BCUT2D eigenvalue weighted by atomic mass is 16.3. The largest absolute Gasteiger partial charge is 0.461 e. The van der Waals surface area contributed by atoms with Gasteiger partial charge in [0.05, 0.1) is 0 Å². The Labute approximate surface area is 78.0 Å². The maximum Gasteiger partial charge on any atom is 0.134 e. The summed E-state index contributed by atoms with van der Waals surface area (Å²) in [5.41, 5.74) is 2.35. The van der Waals surface area contributed by atoms with Crippen LogP contribution >= 0.6 is 0 Å². The molecule has 65 valence electrons. The van der Waals surface area contributed by atoms with Gasteiger partial charge in [-0.2, -0.15) is 0 Å². The Morgan fingerprint density at radius 3 is 2.23 bits per heavy atom. The van der Waals surface area contributed by atoms with Gasteiger partial charge in [0.1, 0.15) is 11.5 Å². The van der Waals surface area contributed by atoms with Gasteiger partial charge in [-0.3, -0.25) is 0 Å². The van der Waals surface area contributed by atoms with Crippen molar-refractivity contribution in [2.75, 3.05) is 0 Å². The molecule has 0 saturated heterocycles. The van der Waals surface area contributed by atoms with Gasteiger partial charge in [0.2, 0.25) is 0 Å². The summed E-state index contributed by atoms with van der Waals surface area (Å²) >= 11 is 0. The van der Waals surface area contributed by atoms with Gasteiger partial charge in [0.15, 0.2) is 0 Å². The van der Waals surface area contributed by atoms with Crippen molar-refractivity contribution in [3.05, 3.63) is 54.6 Å². The third kappa shape index (κ3) is 1.64. The normalized spacial score (nSPS) is 10.3. The highest BCUT2D eigenvalue weighted by molar-refractivity contribution is 5.57. The molecule has 0 fully saturated rings. The standard InChI is InChI=1S/C12H11O/c1-9-3-6-11(7-4-9)12-8-5-10(2)13-12/h3-8H,2H2,1H3. The Morgan fingerprint density at radius 2 is 1.69 bits per heavy atom. The molecule has 0 atom stereocenters. The Bertz CT molecular complexity index is 395. The van der Waals surface area contributed by atoms with Gasteiger partial charge in [-0.15, -0.1) is 0 Å². The first-order chi connectivity index (χ1) is 6.25. The zero-order valence-corrected chi connectivity index (χ0v) is 7.58. The molecule has 1 nitrogen and oxygen atoms in total. The topological polar surface area (TPSA) is 13.1 Å². The van der Waals surface area contributed by atoms with E-state index < -0.39 is 0 Å². The molecule has 0 amide bonds. The van der Waals surface area contributed by atoms with E-state index in [-0.39, 0.29) is 0 Å². The smallest absolute Gasteiger partial charge is 0.134 e. The molecule has 1 radical (unpaired) electrons. The molecule has 0 N–H and O–H groups in total. The van der Waals surface area contributed by atoms with E-state index in [1.54, 1.807) is 0 Å². The van der Waals surface area contributed by atoms with Crippen LogP contribution in [0.5, 0.6) is 0 Å². The minimum Gasteiger partial charge on any atom is -0.461 e. The number of benzene rings is 1. The number of furan rings is 1. The second-order valence-electron chi connectivity index (χ2n) is 3.13. The quantitative estimate of drug-likeness (QED) is 0.640. The van der Waals surface area contributed by atoms with Crippen LogP contribution in [-0.4, -0.2) is 0 Å². The first kappa shape index (κ1) is 8.11. The minimum atomic E-state index is 0.704. The van der Waals surface area contributed by atoms with Crippen LogP contribution in [0, 0.1) is 13.8 Å². The Balaban J connectivity index is 2.41. The lowest BCUT2D eigenvalue weighted by Crippen LogP contribution is -1.74. The van der Waals surface area contributed by atoms with E-state index >= 15 is 0 Å². The number of hydrogen-bond donors (Lipinski definition) is 0. The second kappa shape index (κ2) is 3.09. The maximum atomic E-state index is 5.40. The third-order valence-corrected chi connectivity index (χ3v) is 2.00. The predicted octanol–water partition coefficient (Wildman–Crippen LogP) is 3.44. The van der Waals surface area contributed by atoms with Gasteiger partial charge in [-0.1, -0.05) is 29.8 Å². The SMILES string of the molecule is [CH2]c1ccc(-c2ccc(C)cc2)o1. The number of rotatable bonds is 1. The summed E-state index contributed by atoms with van der Waals surface area (Å²) in [5, 5.41) is 0. The van der Waals surface area contributed by atoms with Crippen LogP contribution in [0.1, 0.15) is 11.3 Å². The van der Waals surface area contributed by atoms with Crippen molar-refractivity contribution in [1.29, 1.82) is 0 Å². The molecule has 0 spiro atoms. The van der Waals surface area contributed by atoms with Gasteiger partial charge in [-0.25, -0.2) is 0 Å². The molecule has 2 aromatic rings. The summed E-state index contributed by atoms with van der Waals surface area (Å²) in [6.45, 7) is 5.79. The van der Waals surface area contributed by atoms with Gasteiger partial charge in [0.25, 0.3) is 0 Å². The van der Waals surface area contributed by atoms with E-state index in [0.717, 1.165) is 11.3 Å². The van der Waals surface area contributed by atoms with Crippen molar-refractivity contribution in [2.24, 2.45) is 0 Å². The molecule has 0 unspecified atom stereocenters. The van der Waals surface area contributed by atoms with Crippen molar-refractivity contribution in [3.63, 3.8) is 0 Å². The van der Waals surface area contributed by atoms with Crippen molar-refractivity contribution in [3.8, 4) is 11.3 Å². The monoisotopic (exact) mass is 171 g/mol. The molecule has 0 aliphatic rings. The van der Waals surface area contributed by atoms with Crippen molar-refractivity contribution >= 4 is 0 Å². The van der Waals surface area contributed by atoms with Gasteiger partial charge >= 0.3 is 0 Å². The zero-order valence-electron chi connectivity index (χ0n) is 7.58. The lowest BCUT2D eigenvalue weighted by atomic mass is 10.1. The predicted molar refractivity (Wildman–Crippen MR) is 53.3 cm³/mol. The fourth-order valence-electron chi connectivity index (χ4n) is 1.25. The average molecular weight is 171 g/mol. The van der Waals surface area contributed by atoms with E-state index in [9.17, 15) is 0 Å². The summed E-state index contributed by atoms with van der Waals surface area (Å²) < 4.78 is 5.40. The summed E-state index contributed by atoms with van der Waals surface area (Å²) in [6.07, 6.45) is 0. The second-order valence-corrected chi connectivity index (χ2v) is 3.13. The molecule has 1 aromatic carbocycles. The van der Waals surface area contributed by atoms with Crippen LogP contribution in [-0.2, 0) is 0 Å². The summed E-state index contributed by atoms with van der Waals surface area (Å²) in [5.74, 6) is 1.58. The Kier molecular flexibility index (Phi) is 1.93. The van der Waals surface area contributed by atoms with Crippen LogP contribution in [0.15, 0.2) is 40.8 Å². The lowest BCUT2D eigenvalue weighted by Gasteiger charge is -1.96. The first-order valence-corrected chi connectivity index (χ1v) is 4.24. The molecule has 1 heteroatoms. The molecule has 0 saturated carbocycles. The number of aryl methyl sites for hydroxylation is 1. The minimum absolute atomic E-state index is 0.704. The molecule has 0 aliphatic carbocycles. The fraction of sp³-hybridized carbons (Fsp3) is 0.0833. The van der Waals surface area contributed by atoms with E-state index in [1.807, 2.05) is 24.3 Å². The highest BCUT2D eigenvalue weighted by Gasteiger charge is 2.00. The zero-order chi connectivity index (χ0) is 9.26. The molecule has 1 aromatic heterocycles. The van der Waals surface area contributed by atoms with Crippen LogP contribution in [0.3, 0.4) is 0 Å². The van der Waals surface area contributed by atoms with Crippen LogP contribution < -0.4 is 0 Å². The van der Waals surface area contributed by atoms with Gasteiger partial charge < -0.3 is 4.42 Å². The molecule has 0 aliphatic heterocycles. The number of hydrogen-bond acceptors (Lipinski definition) is 1. The average Bonchev–Trinajstić information content (AvgIpc) is 2.53. The molecular formula is C12H11O. The summed E-state index contributed by atoms with van der Waals surface area (Å²) in [6, 6.07) is 12.0. The molecule has 2 rings (SSSR count). The van der Waals surface area contributed by atoms with Gasteiger partial charge in [0, 0.05) is 12.5 Å². The first-order valence-electron chi connectivity index (χ1n) is 4.24. The molecule has 0 bridgehead atoms. The summed E-state index contributed by atoms with van der Waals surface area (Å²) in [4.78, 5) is 0. The molecule has 1 heterocycles. The van der Waals surface area contributed by atoms with E-state index in [4.69, 9.17) is 4.42 Å². The lowest BCUT2D eigenvalue weighted by molar-refractivity contribution is 0.563. The van der Waals surface area contributed by atoms with Crippen LogP contribution in [0.2, 0.25) is 0 Å². The third-order valence-electron chi connectivity index (χ3n) is 2.00. The van der Waals surface area contributed by atoms with Crippen molar-refractivity contribution < 1.29 is 4.42 Å². The van der Waals surface area contributed by atoms with E-state index in [2.05, 4.69) is 26.0 Å². The summed E-state index contributed by atoms with van der Waals surface area (Å²) in [7, 11) is 0. The fourth-order valence-corrected chi connectivity index (χ4v) is 1.25. The van der Waals surface area contributed by atoms with Crippen molar-refractivity contribution in [1.82, 2.24) is 0 Å². The van der Waals surface area contributed by atoms with Crippen LogP contribution in [0.25, 0.3) is 11.3 Å². The maximum absolute atomic E-state index is 5.40. The van der Waals surface area contributed by atoms with Crippen LogP contribution in [0.4, 0.5) is 0 Å².